The Labute approximate surface area is 257 Å². The highest BCUT2D eigenvalue weighted by Gasteiger charge is 2.46. The van der Waals surface area contributed by atoms with Crippen molar-refractivity contribution in [3.05, 3.63) is 149 Å². The third-order valence-corrected chi connectivity index (χ3v) is 15.4. The maximum absolute atomic E-state index is 6.58. The molecule has 0 saturated heterocycles. The van der Waals surface area contributed by atoms with Crippen molar-refractivity contribution < 1.29 is 0 Å². The maximum Gasteiger partial charge on any atom is 0.181 e. The van der Waals surface area contributed by atoms with Gasteiger partial charge in [0.25, 0.3) is 0 Å². The van der Waals surface area contributed by atoms with Crippen LogP contribution in [0.3, 0.4) is 0 Å². The molecule has 1 aromatic heterocycles. The summed E-state index contributed by atoms with van der Waals surface area (Å²) >= 11 is 12.1. The Hall–Kier alpha value is -3.54. The highest BCUT2D eigenvalue weighted by molar-refractivity contribution is 9.10. The van der Waals surface area contributed by atoms with Crippen LogP contribution in [0.5, 0.6) is 0 Å². The molecule has 0 bridgehead atoms. The van der Waals surface area contributed by atoms with Crippen LogP contribution >= 0.6 is 39.3 Å². The third-order valence-electron chi connectivity index (χ3n) is 8.27. The monoisotopic (exact) mass is 643 g/mol. The van der Waals surface area contributed by atoms with Crippen LogP contribution in [0, 0.1) is 0 Å². The van der Waals surface area contributed by atoms with Crippen LogP contribution in [0.15, 0.2) is 154 Å². The zero-order chi connectivity index (χ0) is 27.6. The van der Waals surface area contributed by atoms with E-state index in [9.17, 15) is 0 Å². The van der Waals surface area contributed by atoms with Crippen molar-refractivity contribution in [3.8, 4) is 5.69 Å². The van der Waals surface area contributed by atoms with Gasteiger partial charge in [-0.3, -0.25) is 0 Å². The fraction of sp³-hybridized carbons (Fsp3) is 0. The fourth-order valence-corrected chi connectivity index (χ4v) is 14.0. The molecule has 0 N–H and O–H groups in total. The van der Waals surface area contributed by atoms with Crippen molar-refractivity contribution in [3.63, 3.8) is 0 Å². The van der Waals surface area contributed by atoms with Gasteiger partial charge in [0.05, 0.1) is 11.0 Å². The van der Waals surface area contributed by atoms with Gasteiger partial charge in [0.1, 0.15) is 0 Å². The van der Waals surface area contributed by atoms with E-state index in [2.05, 4.69) is 160 Å². The van der Waals surface area contributed by atoms with Gasteiger partial charge in [-0.1, -0.05) is 124 Å². The summed E-state index contributed by atoms with van der Waals surface area (Å²) in [4.78, 5) is 2.56. The van der Waals surface area contributed by atoms with Gasteiger partial charge in [0.15, 0.2) is 8.07 Å². The summed E-state index contributed by atoms with van der Waals surface area (Å²) in [7, 11) is -2.65. The number of fused-ring (bicyclic) bond motifs is 5. The van der Waals surface area contributed by atoms with Gasteiger partial charge in [-0.2, -0.15) is 0 Å². The standard InChI is InChI=1S/C36H23BrClNSSi/c37-24-13-18-27(19-14-24)41(35-12-6-5-11-33(35)40-34-23-25(38)15-22-36(34)41)28-20-16-26(17-21-28)39-31-9-3-1-7-29(31)30-8-2-4-10-32(30)39/h1-23H. The van der Waals surface area contributed by atoms with Gasteiger partial charge < -0.3 is 4.57 Å². The van der Waals surface area contributed by atoms with E-state index in [1.54, 1.807) is 0 Å². The zero-order valence-corrected chi connectivity index (χ0v) is 26.0. The molecule has 2 heterocycles. The van der Waals surface area contributed by atoms with E-state index in [-0.39, 0.29) is 0 Å². The average molecular weight is 645 g/mol. The van der Waals surface area contributed by atoms with Crippen LogP contribution in [-0.2, 0) is 0 Å². The number of para-hydroxylation sites is 2. The average Bonchev–Trinajstić information content (AvgIpc) is 3.35. The lowest BCUT2D eigenvalue weighted by Crippen LogP contribution is -2.76. The van der Waals surface area contributed by atoms with Crippen molar-refractivity contribution in [1.29, 1.82) is 0 Å². The zero-order valence-electron chi connectivity index (χ0n) is 21.9. The molecule has 8 rings (SSSR count). The lowest BCUT2D eigenvalue weighted by Gasteiger charge is -2.40. The second kappa shape index (κ2) is 9.78. The van der Waals surface area contributed by atoms with E-state index in [0.29, 0.717) is 0 Å². The van der Waals surface area contributed by atoms with E-state index in [1.807, 2.05) is 11.8 Å². The minimum atomic E-state index is -2.65. The second-order valence-corrected chi connectivity index (χ2v) is 16.6. The molecule has 1 aliphatic rings. The smallest absolute Gasteiger partial charge is 0.181 e. The van der Waals surface area contributed by atoms with Gasteiger partial charge in [-0.25, -0.2) is 0 Å². The molecule has 196 valence electrons. The van der Waals surface area contributed by atoms with Crippen LogP contribution < -0.4 is 20.7 Å². The van der Waals surface area contributed by atoms with Crippen LogP contribution in [0.4, 0.5) is 0 Å². The van der Waals surface area contributed by atoms with E-state index in [1.165, 1.54) is 58.0 Å². The highest BCUT2D eigenvalue weighted by Crippen LogP contribution is 2.35. The third kappa shape index (κ3) is 3.82. The van der Waals surface area contributed by atoms with E-state index >= 15 is 0 Å². The van der Waals surface area contributed by atoms with Gasteiger partial charge in [-0.15, -0.1) is 0 Å². The number of halogens is 2. The van der Waals surface area contributed by atoms with Crippen molar-refractivity contribution >= 4 is 89.9 Å². The predicted molar refractivity (Wildman–Crippen MR) is 181 cm³/mol. The second-order valence-electron chi connectivity index (χ2n) is 10.4. The summed E-state index contributed by atoms with van der Waals surface area (Å²) in [6.45, 7) is 0. The van der Waals surface area contributed by atoms with E-state index in [0.717, 1.165) is 9.50 Å². The number of hydrogen-bond donors (Lipinski definition) is 0. The van der Waals surface area contributed by atoms with E-state index < -0.39 is 8.07 Å². The van der Waals surface area contributed by atoms with Gasteiger partial charge in [-0.05, 0) is 75.3 Å². The molecule has 1 unspecified atom stereocenters. The topological polar surface area (TPSA) is 4.93 Å². The lowest BCUT2D eigenvalue weighted by molar-refractivity contribution is 1.18. The van der Waals surface area contributed by atoms with Crippen molar-refractivity contribution in [2.75, 3.05) is 0 Å². The van der Waals surface area contributed by atoms with Gasteiger partial charge in [0.2, 0.25) is 0 Å². The minimum Gasteiger partial charge on any atom is -0.309 e. The molecule has 41 heavy (non-hydrogen) atoms. The fourth-order valence-electron chi connectivity index (χ4n) is 6.57. The molecule has 1 atom stereocenters. The molecule has 0 fully saturated rings. The summed E-state index contributed by atoms with van der Waals surface area (Å²) in [5.74, 6) is 0. The molecule has 5 heteroatoms. The summed E-state index contributed by atoms with van der Waals surface area (Å²) in [5.41, 5.74) is 3.61. The Morgan fingerprint density at radius 3 is 1.80 bits per heavy atom. The molecule has 0 saturated carbocycles. The minimum absolute atomic E-state index is 0.774. The van der Waals surface area contributed by atoms with Gasteiger partial charge >= 0.3 is 0 Å². The van der Waals surface area contributed by atoms with Crippen molar-refractivity contribution in [2.24, 2.45) is 0 Å². The molecule has 0 radical (unpaired) electrons. The quantitative estimate of drug-likeness (QED) is 0.176. The van der Waals surface area contributed by atoms with Crippen LogP contribution in [0.1, 0.15) is 0 Å². The normalized spacial score (nSPS) is 16.0. The first-order valence-corrected chi connectivity index (χ1v) is 17.6. The molecule has 0 spiro atoms. The van der Waals surface area contributed by atoms with Crippen LogP contribution in [-0.4, -0.2) is 12.6 Å². The molecular formula is C36H23BrClNSSi. The lowest BCUT2D eigenvalue weighted by atomic mass is 10.2. The summed E-state index contributed by atoms with van der Waals surface area (Å²) in [6.07, 6.45) is 0. The molecule has 0 amide bonds. The predicted octanol–water partition coefficient (Wildman–Crippen LogP) is 8.04. The van der Waals surface area contributed by atoms with Crippen molar-refractivity contribution in [1.82, 2.24) is 4.57 Å². The Morgan fingerprint density at radius 1 is 0.561 bits per heavy atom. The van der Waals surface area contributed by atoms with Gasteiger partial charge in [0, 0.05) is 35.7 Å². The Morgan fingerprint density at radius 2 is 1.12 bits per heavy atom. The summed E-state index contributed by atoms with van der Waals surface area (Å²) < 4.78 is 3.47. The number of benzene rings is 6. The number of nitrogens with zero attached hydrogens (tertiary/aromatic N) is 1. The molecule has 6 aromatic carbocycles. The Kier molecular flexibility index (Phi) is 6.01. The first kappa shape index (κ1) is 25.2. The molecule has 1 nitrogen and oxygen atoms in total. The summed E-state index contributed by atoms with van der Waals surface area (Å²) in [6, 6.07) is 51.1. The highest BCUT2D eigenvalue weighted by atomic mass is 79.9. The SMILES string of the molecule is Clc1ccc2c(c1)Sc1ccccc1[Si]2(c1ccc(Br)cc1)c1ccc(-n2c3ccccc3c3ccccc32)cc1. The largest absolute Gasteiger partial charge is 0.309 e. The number of rotatable bonds is 3. The molecule has 0 aliphatic carbocycles. The van der Waals surface area contributed by atoms with Crippen molar-refractivity contribution in [2.45, 2.75) is 9.79 Å². The molecule has 1 aliphatic heterocycles. The van der Waals surface area contributed by atoms with Crippen LogP contribution in [0.25, 0.3) is 27.5 Å². The van der Waals surface area contributed by atoms with Crippen LogP contribution in [0.2, 0.25) is 5.02 Å². The number of hydrogen-bond acceptors (Lipinski definition) is 1. The Balaban J connectivity index is 1.41. The first-order valence-electron chi connectivity index (χ1n) is 13.6. The van der Waals surface area contributed by atoms with E-state index in [4.69, 9.17) is 11.6 Å². The molecular weight excluding hydrogens is 622 g/mol. The number of aromatic nitrogens is 1. The first-order chi connectivity index (χ1) is 20.1. The summed E-state index contributed by atoms with van der Waals surface area (Å²) in [5, 5.41) is 8.86. The molecule has 7 aromatic rings. The maximum atomic E-state index is 6.58. The Bertz CT molecular complexity index is 2050.